The Morgan fingerprint density at radius 2 is 1.83 bits per heavy atom. The first-order chi connectivity index (χ1) is 20.0. The minimum Gasteiger partial charge on any atom is -0.337 e. The predicted molar refractivity (Wildman–Crippen MR) is 169 cm³/mol. The van der Waals surface area contributed by atoms with Crippen LogP contribution in [0.15, 0.2) is 73.2 Å². The van der Waals surface area contributed by atoms with Gasteiger partial charge < -0.3 is 15.2 Å². The van der Waals surface area contributed by atoms with E-state index < -0.39 is 0 Å². The molecule has 4 aromatic heterocycles. The number of para-hydroxylation sites is 1. The molecule has 0 aliphatic carbocycles. The van der Waals surface area contributed by atoms with Crippen molar-refractivity contribution < 1.29 is 4.79 Å². The maximum absolute atomic E-state index is 12.9. The Morgan fingerprint density at radius 1 is 1.00 bits per heavy atom. The molecular formula is C31H27IN8O. The number of nitrogens with one attached hydrogen (secondary N) is 3. The van der Waals surface area contributed by atoms with Crippen molar-refractivity contribution in [2.75, 3.05) is 25.5 Å². The fourth-order valence-electron chi connectivity index (χ4n) is 5.46. The zero-order valence-corrected chi connectivity index (χ0v) is 24.5. The van der Waals surface area contributed by atoms with Gasteiger partial charge >= 0.3 is 0 Å². The van der Waals surface area contributed by atoms with Crippen LogP contribution in [0.2, 0.25) is 0 Å². The molecule has 3 N–H and O–H groups in total. The van der Waals surface area contributed by atoms with Gasteiger partial charge in [0.05, 0.1) is 28.3 Å². The smallest absolute Gasteiger partial charge is 0.227 e. The molecule has 1 aliphatic heterocycles. The van der Waals surface area contributed by atoms with E-state index >= 15 is 0 Å². The molecule has 6 aromatic rings. The number of anilines is 1. The standard InChI is InChI=1S/C31H27IN8O/c1-40-10-8-18(9-11-40)31(41)35-23-13-20(15-33-17-23)21-14-25-28(38-39-29(25)34-16-21)30-36-26-7-3-6-24(27(26)37-30)19-4-2-5-22(32)12-19/h2-7,12-18H,8-11H2,1H3,(H,35,41)(H,36,37)(H,34,38,39). The second-order valence-electron chi connectivity index (χ2n) is 10.5. The van der Waals surface area contributed by atoms with E-state index in [0.717, 1.165) is 64.6 Å². The number of likely N-dealkylation sites (tertiary alicyclic amines) is 1. The summed E-state index contributed by atoms with van der Waals surface area (Å²) in [6.07, 6.45) is 6.99. The van der Waals surface area contributed by atoms with Gasteiger partial charge in [0.15, 0.2) is 11.5 Å². The van der Waals surface area contributed by atoms with E-state index in [1.165, 1.54) is 3.57 Å². The zero-order valence-electron chi connectivity index (χ0n) is 22.4. The third-order valence-corrected chi connectivity index (χ3v) is 8.39. The summed E-state index contributed by atoms with van der Waals surface area (Å²) in [5.74, 6) is 0.744. The number of rotatable bonds is 5. The van der Waals surface area contributed by atoms with E-state index in [9.17, 15) is 4.79 Å². The first-order valence-electron chi connectivity index (χ1n) is 13.6. The predicted octanol–water partition coefficient (Wildman–Crippen LogP) is 6.12. The van der Waals surface area contributed by atoms with Gasteiger partial charge in [-0.2, -0.15) is 5.10 Å². The molecular weight excluding hydrogens is 627 g/mol. The molecule has 5 heterocycles. The summed E-state index contributed by atoms with van der Waals surface area (Å²) < 4.78 is 1.17. The number of amides is 1. The van der Waals surface area contributed by atoms with Crippen LogP contribution in [-0.4, -0.2) is 61.1 Å². The molecule has 0 bridgehead atoms. The van der Waals surface area contributed by atoms with E-state index in [1.54, 1.807) is 18.6 Å². The van der Waals surface area contributed by atoms with E-state index in [-0.39, 0.29) is 11.8 Å². The molecule has 0 unspecified atom stereocenters. The van der Waals surface area contributed by atoms with Crippen LogP contribution in [0.25, 0.3) is 55.8 Å². The molecule has 7 rings (SSSR count). The van der Waals surface area contributed by atoms with Gasteiger partial charge in [0.1, 0.15) is 5.69 Å². The fourth-order valence-corrected chi connectivity index (χ4v) is 6.00. The van der Waals surface area contributed by atoms with Gasteiger partial charge in [0.25, 0.3) is 0 Å². The lowest BCUT2D eigenvalue weighted by Gasteiger charge is -2.28. The number of aromatic nitrogens is 6. The van der Waals surface area contributed by atoms with Gasteiger partial charge in [-0.1, -0.05) is 24.3 Å². The van der Waals surface area contributed by atoms with Crippen molar-refractivity contribution in [1.82, 2.24) is 35.0 Å². The van der Waals surface area contributed by atoms with E-state index in [4.69, 9.17) is 4.98 Å². The average Bonchev–Trinajstić information content (AvgIpc) is 3.61. The number of carbonyl (C=O) groups is 1. The first kappa shape index (κ1) is 25.8. The summed E-state index contributed by atoms with van der Waals surface area (Å²) in [5.41, 5.74) is 7.78. The Morgan fingerprint density at radius 3 is 2.68 bits per heavy atom. The Hall–Kier alpha value is -4.16. The number of aromatic amines is 2. The number of halogens is 1. The van der Waals surface area contributed by atoms with Gasteiger partial charge in [0.2, 0.25) is 5.91 Å². The summed E-state index contributed by atoms with van der Waals surface area (Å²) >= 11 is 2.33. The van der Waals surface area contributed by atoms with Crippen molar-refractivity contribution in [3.63, 3.8) is 0 Å². The molecule has 0 atom stereocenters. The molecule has 1 saturated heterocycles. The molecule has 0 radical (unpaired) electrons. The number of hydrogen-bond acceptors (Lipinski definition) is 6. The van der Waals surface area contributed by atoms with Crippen LogP contribution in [0, 0.1) is 9.49 Å². The molecule has 2 aromatic carbocycles. The molecule has 0 spiro atoms. The number of pyridine rings is 2. The van der Waals surface area contributed by atoms with Crippen molar-refractivity contribution in [2.24, 2.45) is 5.92 Å². The quantitative estimate of drug-likeness (QED) is 0.193. The van der Waals surface area contributed by atoms with Gasteiger partial charge in [-0.05, 0) is 91.5 Å². The van der Waals surface area contributed by atoms with Crippen molar-refractivity contribution in [2.45, 2.75) is 12.8 Å². The van der Waals surface area contributed by atoms with Gasteiger partial charge in [-0.15, -0.1) is 0 Å². The molecule has 204 valence electrons. The number of imidazole rings is 1. The third-order valence-electron chi connectivity index (χ3n) is 7.72. The molecule has 1 fully saturated rings. The Kier molecular flexibility index (Phi) is 6.71. The number of nitrogens with zero attached hydrogens (tertiary/aromatic N) is 5. The average molecular weight is 655 g/mol. The first-order valence-corrected chi connectivity index (χ1v) is 14.6. The summed E-state index contributed by atoms with van der Waals surface area (Å²) in [5, 5.41) is 11.5. The van der Waals surface area contributed by atoms with Crippen molar-refractivity contribution in [1.29, 1.82) is 0 Å². The van der Waals surface area contributed by atoms with Gasteiger partial charge in [0, 0.05) is 38.6 Å². The Labute approximate surface area is 250 Å². The monoisotopic (exact) mass is 654 g/mol. The lowest BCUT2D eigenvalue weighted by atomic mass is 9.96. The number of benzene rings is 2. The highest BCUT2D eigenvalue weighted by Crippen LogP contribution is 2.33. The van der Waals surface area contributed by atoms with Crippen LogP contribution in [0.5, 0.6) is 0 Å². The molecule has 9 nitrogen and oxygen atoms in total. The molecule has 1 amide bonds. The largest absolute Gasteiger partial charge is 0.337 e. The van der Waals surface area contributed by atoms with Crippen molar-refractivity contribution >= 4 is 56.3 Å². The maximum atomic E-state index is 12.9. The normalized spacial score (nSPS) is 14.6. The van der Waals surface area contributed by atoms with Crippen LogP contribution in [0.3, 0.4) is 0 Å². The number of hydrogen-bond donors (Lipinski definition) is 3. The van der Waals surface area contributed by atoms with Gasteiger partial charge in [-0.25, -0.2) is 9.97 Å². The number of carbonyl (C=O) groups excluding carboxylic acids is 1. The number of H-pyrrole nitrogens is 2. The van der Waals surface area contributed by atoms with Crippen molar-refractivity contribution in [3.8, 4) is 33.8 Å². The topological polar surface area (TPSA) is 115 Å². The van der Waals surface area contributed by atoms with Gasteiger partial charge in [-0.3, -0.25) is 14.9 Å². The van der Waals surface area contributed by atoms with Crippen LogP contribution in [-0.2, 0) is 4.79 Å². The van der Waals surface area contributed by atoms with Crippen LogP contribution < -0.4 is 5.32 Å². The highest BCUT2D eigenvalue weighted by atomic mass is 127. The summed E-state index contributed by atoms with van der Waals surface area (Å²) in [7, 11) is 2.09. The summed E-state index contributed by atoms with van der Waals surface area (Å²) in [6.45, 7) is 1.88. The summed E-state index contributed by atoms with van der Waals surface area (Å²) in [4.78, 5) is 32.6. The second-order valence-corrected chi connectivity index (χ2v) is 11.8. The minimum absolute atomic E-state index is 0.0243. The third kappa shape index (κ3) is 5.08. The SMILES string of the molecule is CN1CCC(C(=O)Nc2cncc(-c3cnc4[nH]nc(-c5nc6c(-c7cccc(I)c7)cccc6[nH]5)c4c3)c2)CC1. The van der Waals surface area contributed by atoms with Crippen LogP contribution in [0.4, 0.5) is 5.69 Å². The summed E-state index contributed by atoms with van der Waals surface area (Å²) in [6, 6.07) is 18.5. The van der Waals surface area contributed by atoms with Crippen LogP contribution >= 0.6 is 22.6 Å². The minimum atomic E-state index is 0.0243. The molecule has 10 heteroatoms. The zero-order chi connectivity index (χ0) is 27.9. The Balaban J connectivity index is 1.21. The molecule has 1 aliphatic rings. The van der Waals surface area contributed by atoms with Crippen LogP contribution in [0.1, 0.15) is 12.8 Å². The number of piperidine rings is 1. The second kappa shape index (κ2) is 10.7. The Bertz CT molecular complexity index is 1900. The number of fused-ring (bicyclic) bond motifs is 2. The van der Waals surface area contributed by atoms with Crippen molar-refractivity contribution in [3.05, 3.63) is 76.8 Å². The highest BCUT2D eigenvalue weighted by molar-refractivity contribution is 14.1. The maximum Gasteiger partial charge on any atom is 0.227 e. The lowest BCUT2D eigenvalue weighted by Crippen LogP contribution is -2.35. The van der Waals surface area contributed by atoms with E-state index in [2.05, 4.69) is 95.3 Å². The highest BCUT2D eigenvalue weighted by Gasteiger charge is 2.23. The molecule has 41 heavy (non-hydrogen) atoms. The molecule has 0 saturated carbocycles. The lowest BCUT2D eigenvalue weighted by molar-refractivity contribution is -0.121. The van der Waals surface area contributed by atoms with E-state index in [0.29, 0.717) is 22.9 Å². The fraction of sp³-hybridized carbons (Fsp3) is 0.194. The van der Waals surface area contributed by atoms with E-state index in [1.807, 2.05) is 24.3 Å².